The topological polar surface area (TPSA) is 54.2 Å². The van der Waals surface area contributed by atoms with Gasteiger partial charge in [0, 0.05) is 18.2 Å². The molecule has 3 rings (SSSR count). The Labute approximate surface area is 125 Å². The number of piperidine rings is 1. The number of likely N-dealkylation sites (N-methyl/N-ethyl adjacent to an activating group) is 1. The van der Waals surface area contributed by atoms with E-state index in [9.17, 15) is 0 Å². The van der Waals surface area contributed by atoms with E-state index in [2.05, 4.69) is 27.3 Å². The van der Waals surface area contributed by atoms with Crippen molar-refractivity contribution in [2.24, 2.45) is 0 Å². The van der Waals surface area contributed by atoms with E-state index in [0.29, 0.717) is 17.8 Å². The maximum atomic E-state index is 5.81. The standard InChI is InChI=1S/C16H22N4O/c1-2-20(14-9-6-10-17-11-14)12-15-18-19-16(21-15)13-7-4-3-5-8-13/h3-5,7-8,14,17H,2,6,9-12H2,1H3. The molecule has 21 heavy (non-hydrogen) atoms. The lowest BCUT2D eigenvalue weighted by Crippen LogP contribution is -2.45. The fourth-order valence-electron chi connectivity index (χ4n) is 2.83. The van der Waals surface area contributed by atoms with Crippen molar-refractivity contribution in [1.82, 2.24) is 20.4 Å². The molecule has 1 aromatic heterocycles. The Kier molecular flexibility index (Phi) is 4.62. The van der Waals surface area contributed by atoms with Gasteiger partial charge in [-0.25, -0.2) is 0 Å². The van der Waals surface area contributed by atoms with Crippen molar-refractivity contribution in [1.29, 1.82) is 0 Å². The van der Waals surface area contributed by atoms with Gasteiger partial charge in [0.15, 0.2) is 0 Å². The minimum Gasteiger partial charge on any atom is -0.419 e. The van der Waals surface area contributed by atoms with Gasteiger partial charge in [0.2, 0.25) is 11.8 Å². The van der Waals surface area contributed by atoms with E-state index in [1.54, 1.807) is 0 Å². The van der Waals surface area contributed by atoms with Crippen molar-refractivity contribution in [2.45, 2.75) is 32.4 Å². The van der Waals surface area contributed by atoms with Crippen LogP contribution < -0.4 is 5.32 Å². The van der Waals surface area contributed by atoms with E-state index in [-0.39, 0.29) is 0 Å². The Bertz CT molecular complexity index is 548. The average molecular weight is 286 g/mol. The van der Waals surface area contributed by atoms with Crippen LogP contribution >= 0.6 is 0 Å². The molecular weight excluding hydrogens is 264 g/mol. The molecule has 1 N–H and O–H groups in total. The quantitative estimate of drug-likeness (QED) is 0.914. The van der Waals surface area contributed by atoms with E-state index >= 15 is 0 Å². The first-order chi connectivity index (χ1) is 10.4. The number of benzene rings is 1. The van der Waals surface area contributed by atoms with E-state index < -0.39 is 0 Å². The summed E-state index contributed by atoms with van der Waals surface area (Å²) >= 11 is 0. The molecule has 0 amide bonds. The van der Waals surface area contributed by atoms with Crippen molar-refractivity contribution >= 4 is 0 Å². The number of hydrogen-bond acceptors (Lipinski definition) is 5. The molecule has 112 valence electrons. The molecule has 1 aromatic carbocycles. The predicted octanol–water partition coefficient (Wildman–Crippen LogP) is 2.31. The van der Waals surface area contributed by atoms with Crippen LogP contribution in [0.15, 0.2) is 34.7 Å². The summed E-state index contributed by atoms with van der Waals surface area (Å²) in [7, 11) is 0. The molecule has 5 nitrogen and oxygen atoms in total. The Morgan fingerprint density at radius 3 is 2.86 bits per heavy atom. The van der Waals surface area contributed by atoms with Gasteiger partial charge in [0.05, 0.1) is 6.54 Å². The minimum atomic E-state index is 0.566. The maximum Gasteiger partial charge on any atom is 0.247 e. The molecule has 1 aliphatic rings. The van der Waals surface area contributed by atoms with Gasteiger partial charge < -0.3 is 9.73 Å². The summed E-state index contributed by atoms with van der Waals surface area (Å²) in [5.41, 5.74) is 0.971. The Balaban J connectivity index is 1.68. The summed E-state index contributed by atoms with van der Waals surface area (Å²) in [5.74, 6) is 1.30. The summed E-state index contributed by atoms with van der Waals surface area (Å²) in [4.78, 5) is 2.41. The van der Waals surface area contributed by atoms with Crippen LogP contribution in [0.5, 0.6) is 0 Å². The molecule has 1 unspecified atom stereocenters. The van der Waals surface area contributed by atoms with Gasteiger partial charge in [0.25, 0.3) is 0 Å². The molecule has 5 heteroatoms. The van der Waals surface area contributed by atoms with E-state index in [4.69, 9.17) is 4.42 Å². The Morgan fingerprint density at radius 1 is 1.29 bits per heavy atom. The molecule has 0 spiro atoms. The van der Waals surface area contributed by atoms with E-state index in [1.165, 1.54) is 12.8 Å². The van der Waals surface area contributed by atoms with Gasteiger partial charge in [-0.1, -0.05) is 25.1 Å². The summed E-state index contributed by atoms with van der Waals surface area (Å²) < 4.78 is 5.81. The summed E-state index contributed by atoms with van der Waals surface area (Å²) in [6.07, 6.45) is 2.47. The first kappa shape index (κ1) is 14.2. The van der Waals surface area contributed by atoms with Gasteiger partial charge in [-0.3, -0.25) is 4.90 Å². The largest absolute Gasteiger partial charge is 0.419 e. The molecule has 1 aliphatic heterocycles. The van der Waals surface area contributed by atoms with Gasteiger partial charge >= 0.3 is 0 Å². The molecule has 2 heterocycles. The Morgan fingerprint density at radius 2 is 2.14 bits per heavy atom. The van der Waals surface area contributed by atoms with E-state index in [1.807, 2.05) is 30.3 Å². The summed E-state index contributed by atoms with van der Waals surface area (Å²) in [6.45, 7) is 6.08. The minimum absolute atomic E-state index is 0.566. The number of rotatable bonds is 5. The molecule has 0 bridgehead atoms. The molecule has 1 atom stereocenters. The third-order valence-electron chi connectivity index (χ3n) is 4.02. The lowest BCUT2D eigenvalue weighted by molar-refractivity contribution is 0.152. The van der Waals surface area contributed by atoms with Gasteiger partial charge in [-0.15, -0.1) is 10.2 Å². The summed E-state index contributed by atoms with van der Waals surface area (Å²) in [6, 6.07) is 10.5. The smallest absolute Gasteiger partial charge is 0.247 e. The van der Waals surface area contributed by atoms with Crippen molar-refractivity contribution in [3.05, 3.63) is 36.2 Å². The van der Waals surface area contributed by atoms with Crippen LogP contribution in [0.1, 0.15) is 25.7 Å². The Hall–Kier alpha value is -1.72. The average Bonchev–Trinajstić information content (AvgIpc) is 3.03. The SMILES string of the molecule is CCN(Cc1nnc(-c2ccccc2)o1)C1CCCNC1. The highest BCUT2D eigenvalue weighted by atomic mass is 16.4. The van der Waals surface area contributed by atoms with Gasteiger partial charge in [0.1, 0.15) is 0 Å². The van der Waals surface area contributed by atoms with Crippen LogP contribution in [0.3, 0.4) is 0 Å². The second kappa shape index (κ2) is 6.83. The number of aromatic nitrogens is 2. The number of hydrogen-bond donors (Lipinski definition) is 1. The van der Waals surface area contributed by atoms with Crippen LogP contribution in [0.2, 0.25) is 0 Å². The monoisotopic (exact) mass is 286 g/mol. The van der Waals surface area contributed by atoms with Crippen molar-refractivity contribution in [3.63, 3.8) is 0 Å². The van der Waals surface area contributed by atoms with E-state index in [0.717, 1.165) is 31.7 Å². The second-order valence-electron chi connectivity index (χ2n) is 5.43. The molecule has 2 aromatic rings. The van der Waals surface area contributed by atoms with Gasteiger partial charge in [-0.05, 0) is 38.1 Å². The van der Waals surface area contributed by atoms with Crippen LogP contribution in [-0.4, -0.2) is 40.8 Å². The fraction of sp³-hybridized carbons (Fsp3) is 0.500. The third kappa shape index (κ3) is 3.49. The zero-order valence-corrected chi connectivity index (χ0v) is 12.5. The normalized spacial score (nSPS) is 19.0. The maximum absolute atomic E-state index is 5.81. The molecule has 0 saturated carbocycles. The van der Waals surface area contributed by atoms with Gasteiger partial charge in [-0.2, -0.15) is 0 Å². The number of nitrogens with zero attached hydrogens (tertiary/aromatic N) is 3. The number of nitrogens with one attached hydrogen (secondary N) is 1. The summed E-state index contributed by atoms with van der Waals surface area (Å²) in [5, 5.41) is 11.8. The molecule has 1 fully saturated rings. The van der Waals surface area contributed by atoms with Crippen LogP contribution in [0.4, 0.5) is 0 Å². The highest BCUT2D eigenvalue weighted by molar-refractivity contribution is 5.51. The van der Waals surface area contributed by atoms with Crippen LogP contribution in [-0.2, 0) is 6.54 Å². The van der Waals surface area contributed by atoms with Crippen molar-refractivity contribution in [2.75, 3.05) is 19.6 Å². The van der Waals surface area contributed by atoms with Crippen LogP contribution in [0, 0.1) is 0 Å². The first-order valence-corrected chi connectivity index (χ1v) is 7.69. The van der Waals surface area contributed by atoms with Crippen molar-refractivity contribution < 1.29 is 4.42 Å². The lowest BCUT2D eigenvalue weighted by Gasteiger charge is -2.32. The molecule has 0 radical (unpaired) electrons. The molecule has 0 aliphatic carbocycles. The highest BCUT2D eigenvalue weighted by Gasteiger charge is 2.21. The molecular formula is C16H22N4O. The fourth-order valence-corrected chi connectivity index (χ4v) is 2.83. The molecule has 1 saturated heterocycles. The van der Waals surface area contributed by atoms with Crippen LogP contribution in [0.25, 0.3) is 11.5 Å². The zero-order chi connectivity index (χ0) is 14.5. The third-order valence-corrected chi connectivity index (χ3v) is 4.02. The second-order valence-corrected chi connectivity index (χ2v) is 5.43. The zero-order valence-electron chi connectivity index (χ0n) is 12.5. The predicted molar refractivity (Wildman–Crippen MR) is 81.7 cm³/mol. The van der Waals surface area contributed by atoms with Crippen molar-refractivity contribution in [3.8, 4) is 11.5 Å². The highest BCUT2D eigenvalue weighted by Crippen LogP contribution is 2.19. The first-order valence-electron chi connectivity index (χ1n) is 7.69. The lowest BCUT2D eigenvalue weighted by atomic mass is 10.1.